The predicted molar refractivity (Wildman–Crippen MR) is 66.3 cm³/mol. The van der Waals surface area contributed by atoms with E-state index >= 15 is 0 Å². The van der Waals surface area contributed by atoms with Crippen molar-refractivity contribution in [2.45, 2.75) is 49.9 Å². The minimum atomic E-state index is -3.27. The lowest BCUT2D eigenvalue weighted by atomic mass is 10.0. The number of hydrogen-bond acceptors (Lipinski definition) is 4. The molecule has 6 heteroatoms. The van der Waals surface area contributed by atoms with Crippen LogP contribution in [0.2, 0.25) is 0 Å². The van der Waals surface area contributed by atoms with Gasteiger partial charge in [-0.2, -0.15) is 0 Å². The first-order valence-corrected chi connectivity index (χ1v) is 7.62. The molecule has 0 aromatic heterocycles. The lowest BCUT2D eigenvalue weighted by Crippen LogP contribution is -2.44. The van der Waals surface area contributed by atoms with Gasteiger partial charge in [0.25, 0.3) is 0 Å². The van der Waals surface area contributed by atoms with Crippen LogP contribution in [0.15, 0.2) is 0 Å². The van der Waals surface area contributed by atoms with Gasteiger partial charge in [-0.15, -0.1) is 0 Å². The molecule has 1 fully saturated rings. The van der Waals surface area contributed by atoms with Crippen LogP contribution in [-0.2, 0) is 14.8 Å². The minimum Gasteiger partial charge on any atom is -0.389 e. The molecule has 0 amide bonds. The number of ether oxygens (including phenoxy) is 1. The molecule has 0 aromatic carbocycles. The second-order valence-corrected chi connectivity index (χ2v) is 7.06. The monoisotopic (exact) mass is 265 g/mol. The second kappa shape index (κ2) is 6.13. The lowest BCUT2D eigenvalue weighted by molar-refractivity contribution is 0.0291. The lowest BCUT2D eigenvalue weighted by Gasteiger charge is -2.24. The first kappa shape index (κ1) is 14.9. The normalized spacial score (nSPS) is 21.6. The quantitative estimate of drug-likeness (QED) is 0.708. The predicted octanol–water partition coefficient (Wildman–Crippen LogP) is 0.636. The highest BCUT2D eigenvalue weighted by Gasteiger charge is 2.30. The summed E-state index contributed by atoms with van der Waals surface area (Å²) in [5.74, 6) is 0. The molecule has 2 N–H and O–H groups in total. The highest BCUT2D eigenvalue weighted by molar-refractivity contribution is 7.90. The van der Waals surface area contributed by atoms with Crippen LogP contribution >= 0.6 is 0 Å². The summed E-state index contributed by atoms with van der Waals surface area (Å²) < 4.78 is 31.2. The van der Waals surface area contributed by atoms with Crippen LogP contribution in [-0.4, -0.2) is 44.6 Å². The number of nitrogens with one attached hydrogen (secondary N) is 1. The van der Waals surface area contributed by atoms with Crippen molar-refractivity contribution in [2.24, 2.45) is 0 Å². The molecular formula is C11H23NO4S. The van der Waals surface area contributed by atoms with Gasteiger partial charge in [-0.1, -0.05) is 12.8 Å². The van der Waals surface area contributed by atoms with Gasteiger partial charge in [0.1, 0.15) is 0 Å². The van der Waals surface area contributed by atoms with Gasteiger partial charge >= 0.3 is 0 Å². The minimum absolute atomic E-state index is 0.0508. The molecule has 0 spiro atoms. The number of sulfonamides is 1. The van der Waals surface area contributed by atoms with Crippen molar-refractivity contribution in [3.8, 4) is 0 Å². The van der Waals surface area contributed by atoms with Gasteiger partial charge in [-0.3, -0.25) is 0 Å². The van der Waals surface area contributed by atoms with Crippen molar-refractivity contribution >= 4 is 10.0 Å². The van der Waals surface area contributed by atoms with E-state index in [1.165, 1.54) is 0 Å². The molecule has 1 aliphatic rings. The SMILES string of the molecule is COCCC(C)(O)CNS(=O)(=O)C1CCCC1. The van der Waals surface area contributed by atoms with E-state index in [1.54, 1.807) is 14.0 Å². The average Bonchev–Trinajstić information content (AvgIpc) is 2.78. The Morgan fingerprint density at radius 1 is 1.41 bits per heavy atom. The Bertz CT molecular complexity index is 320. The van der Waals surface area contributed by atoms with Crippen LogP contribution in [0.4, 0.5) is 0 Å². The van der Waals surface area contributed by atoms with E-state index in [9.17, 15) is 13.5 Å². The molecule has 0 heterocycles. The summed E-state index contributed by atoms with van der Waals surface area (Å²) in [4.78, 5) is 0. The highest BCUT2D eigenvalue weighted by Crippen LogP contribution is 2.24. The Labute approximate surface area is 104 Å². The Kier molecular flexibility index (Phi) is 5.37. The maximum absolute atomic E-state index is 11.9. The molecule has 0 saturated heterocycles. The van der Waals surface area contributed by atoms with Crippen molar-refractivity contribution in [1.82, 2.24) is 4.72 Å². The Hall–Kier alpha value is -0.170. The van der Waals surface area contributed by atoms with Gasteiger partial charge in [0, 0.05) is 26.7 Å². The summed E-state index contributed by atoms with van der Waals surface area (Å²) in [6, 6.07) is 0. The smallest absolute Gasteiger partial charge is 0.214 e. The van der Waals surface area contributed by atoms with Crippen LogP contribution in [0.1, 0.15) is 39.0 Å². The summed E-state index contributed by atoms with van der Waals surface area (Å²) >= 11 is 0. The Morgan fingerprint density at radius 2 is 2.00 bits per heavy atom. The molecule has 5 nitrogen and oxygen atoms in total. The fourth-order valence-electron chi connectivity index (χ4n) is 1.98. The molecule has 0 radical (unpaired) electrons. The first-order chi connectivity index (χ1) is 7.87. The van der Waals surface area contributed by atoms with Crippen LogP contribution in [0, 0.1) is 0 Å². The fraction of sp³-hybridized carbons (Fsp3) is 1.00. The third-order valence-corrected chi connectivity index (χ3v) is 5.14. The van der Waals surface area contributed by atoms with E-state index in [0.29, 0.717) is 13.0 Å². The van der Waals surface area contributed by atoms with Gasteiger partial charge in [-0.05, 0) is 19.8 Å². The maximum atomic E-state index is 11.9. The van der Waals surface area contributed by atoms with Crippen LogP contribution in [0.25, 0.3) is 0 Å². The number of aliphatic hydroxyl groups is 1. The average molecular weight is 265 g/mol. The molecule has 1 aliphatic carbocycles. The summed E-state index contributed by atoms with van der Waals surface area (Å²) in [6.07, 6.45) is 3.83. The van der Waals surface area contributed by atoms with E-state index in [4.69, 9.17) is 4.74 Å². The Balaban J connectivity index is 2.43. The number of methoxy groups -OCH3 is 1. The molecule has 102 valence electrons. The van der Waals surface area contributed by atoms with Crippen LogP contribution in [0.3, 0.4) is 0 Å². The summed E-state index contributed by atoms with van der Waals surface area (Å²) in [5.41, 5.74) is -1.05. The van der Waals surface area contributed by atoms with E-state index in [1.807, 2.05) is 0 Å². The van der Waals surface area contributed by atoms with Crippen molar-refractivity contribution in [3.05, 3.63) is 0 Å². The third-order valence-electron chi connectivity index (χ3n) is 3.24. The van der Waals surface area contributed by atoms with E-state index < -0.39 is 15.6 Å². The zero-order chi connectivity index (χ0) is 12.9. The molecule has 0 aliphatic heterocycles. The third kappa shape index (κ3) is 4.91. The molecule has 1 rings (SSSR count). The summed E-state index contributed by atoms with van der Waals surface area (Å²) in [6.45, 7) is 2.08. The molecule has 1 atom stereocenters. The van der Waals surface area contributed by atoms with Crippen molar-refractivity contribution in [3.63, 3.8) is 0 Å². The van der Waals surface area contributed by atoms with Gasteiger partial charge in [0.2, 0.25) is 10.0 Å². The fourth-order valence-corrected chi connectivity index (χ4v) is 3.68. The van der Waals surface area contributed by atoms with Gasteiger partial charge in [-0.25, -0.2) is 13.1 Å². The first-order valence-electron chi connectivity index (χ1n) is 6.07. The zero-order valence-corrected chi connectivity index (χ0v) is 11.4. The standard InChI is InChI=1S/C11H23NO4S/c1-11(13,7-8-16-2)9-12-17(14,15)10-5-3-4-6-10/h10,12-13H,3-9H2,1-2H3. The van der Waals surface area contributed by atoms with E-state index in [0.717, 1.165) is 25.7 Å². The van der Waals surface area contributed by atoms with Gasteiger partial charge in [0.05, 0.1) is 10.9 Å². The Morgan fingerprint density at radius 3 is 2.53 bits per heavy atom. The van der Waals surface area contributed by atoms with E-state index in [2.05, 4.69) is 4.72 Å². The van der Waals surface area contributed by atoms with Crippen LogP contribution in [0.5, 0.6) is 0 Å². The molecule has 0 aromatic rings. The molecule has 1 saturated carbocycles. The van der Waals surface area contributed by atoms with E-state index in [-0.39, 0.29) is 11.8 Å². The van der Waals surface area contributed by atoms with Crippen molar-refractivity contribution in [2.75, 3.05) is 20.3 Å². The van der Waals surface area contributed by atoms with Crippen molar-refractivity contribution in [1.29, 1.82) is 0 Å². The summed E-state index contributed by atoms with van der Waals surface area (Å²) in [7, 11) is -1.71. The van der Waals surface area contributed by atoms with Gasteiger partial charge < -0.3 is 9.84 Å². The molecular weight excluding hydrogens is 242 g/mol. The zero-order valence-electron chi connectivity index (χ0n) is 10.6. The van der Waals surface area contributed by atoms with Gasteiger partial charge in [0.15, 0.2) is 0 Å². The largest absolute Gasteiger partial charge is 0.389 e. The van der Waals surface area contributed by atoms with Crippen LogP contribution < -0.4 is 4.72 Å². The topological polar surface area (TPSA) is 75.6 Å². The number of rotatable bonds is 7. The molecule has 17 heavy (non-hydrogen) atoms. The second-order valence-electron chi connectivity index (χ2n) is 5.01. The summed E-state index contributed by atoms with van der Waals surface area (Å²) in [5, 5.41) is 9.67. The highest BCUT2D eigenvalue weighted by atomic mass is 32.2. The molecule has 1 unspecified atom stereocenters. The maximum Gasteiger partial charge on any atom is 0.214 e. The molecule has 0 bridgehead atoms. The number of hydrogen-bond donors (Lipinski definition) is 2. The van der Waals surface area contributed by atoms with Crippen molar-refractivity contribution < 1.29 is 18.3 Å².